The summed E-state index contributed by atoms with van der Waals surface area (Å²) >= 11 is 0. The molecule has 32 heavy (non-hydrogen) atoms. The van der Waals surface area contributed by atoms with Gasteiger partial charge in [0.15, 0.2) is 11.5 Å². The van der Waals surface area contributed by atoms with Crippen molar-refractivity contribution in [2.75, 3.05) is 0 Å². The van der Waals surface area contributed by atoms with Crippen LogP contribution in [-0.2, 0) is 15.7 Å². The third-order valence-corrected chi connectivity index (χ3v) is 4.93. The molecule has 158 valence electrons. The van der Waals surface area contributed by atoms with E-state index in [0.29, 0.717) is 11.1 Å². The molecule has 0 spiro atoms. The number of aliphatic hydroxyl groups is 1. The lowest BCUT2D eigenvalue weighted by atomic mass is 10.0. The highest BCUT2D eigenvalue weighted by Gasteiger charge is 2.33. The van der Waals surface area contributed by atoms with Crippen LogP contribution < -0.4 is 0 Å². The van der Waals surface area contributed by atoms with Crippen LogP contribution in [0.1, 0.15) is 22.3 Å². The predicted octanol–water partition coefficient (Wildman–Crippen LogP) is 6.11. The van der Waals surface area contributed by atoms with Crippen molar-refractivity contribution in [3.8, 4) is 17.2 Å². The number of hydrogen-bond donors (Lipinski definition) is 1. The summed E-state index contributed by atoms with van der Waals surface area (Å²) in [6, 6.07) is 20.3. The van der Waals surface area contributed by atoms with Gasteiger partial charge in [-0.25, -0.2) is 4.79 Å². The van der Waals surface area contributed by atoms with Crippen LogP contribution in [0.4, 0.5) is 13.2 Å². The number of halogens is 3. The normalized spacial score (nSPS) is 15.1. The van der Waals surface area contributed by atoms with Crippen molar-refractivity contribution in [1.82, 2.24) is 0 Å². The Kier molecular flexibility index (Phi) is 5.29. The average molecular weight is 433 g/mol. The molecule has 0 saturated heterocycles. The van der Waals surface area contributed by atoms with E-state index in [1.165, 1.54) is 6.08 Å². The lowest BCUT2D eigenvalue weighted by Gasteiger charge is -2.07. The Morgan fingerprint density at radius 1 is 0.844 bits per heavy atom. The van der Waals surface area contributed by atoms with Crippen LogP contribution in [0.5, 0.6) is 0 Å². The number of esters is 1. The first-order valence-electron chi connectivity index (χ1n) is 9.42. The molecule has 0 atom stereocenters. The molecule has 0 aliphatic carbocycles. The average Bonchev–Trinajstić information content (AvgIpc) is 3.06. The standard InChI is InChI=1S/C25H14F3NO3/c26-25(27,28)20-11-9-19(10-12-20)22-23(30)21(32-24(22)31)13-15-1-5-17(6-2-15)18-7-3-16(14-29)4-8-18/h1-13,30H/b21-13-. The molecule has 3 aromatic carbocycles. The van der Waals surface area contributed by atoms with E-state index in [0.717, 1.165) is 35.4 Å². The third kappa shape index (κ3) is 4.12. The molecule has 0 aromatic heterocycles. The summed E-state index contributed by atoms with van der Waals surface area (Å²) in [4.78, 5) is 12.2. The van der Waals surface area contributed by atoms with E-state index < -0.39 is 23.5 Å². The smallest absolute Gasteiger partial charge is 0.416 e. The van der Waals surface area contributed by atoms with Crippen molar-refractivity contribution in [2.45, 2.75) is 6.18 Å². The minimum Gasteiger partial charge on any atom is -0.504 e. The Balaban J connectivity index is 1.59. The topological polar surface area (TPSA) is 70.3 Å². The zero-order valence-corrected chi connectivity index (χ0v) is 16.4. The fourth-order valence-corrected chi connectivity index (χ4v) is 3.26. The number of aliphatic hydroxyl groups excluding tert-OH is 1. The van der Waals surface area contributed by atoms with Gasteiger partial charge in [0.25, 0.3) is 0 Å². The minimum atomic E-state index is -4.50. The highest BCUT2D eigenvalue weighted by molar-refractivity contribution is 6.20. The maximum Gasteiger partial charge on any atom is 0.416 e. The first kappa shape index (κ1) is 20.9. The Morgan fingerprint density at radius 3 is 1.91 bits per heavy atom. The Labute approximate surface area is 181 Å². The van der Waals surface area contributed by atoms with Crippen molar-refractivity contribution in [3.05, 3.63) is 107 Å². The van der Waals surface area contributed by atoms with Gasteiger partial charge in [-0.05, 0) is 52.6 Å². The molecule has 1 aliphatic rings. The van der Waals surface area contributed by atoms with Gasteiger partial charge in [-0.1, -0.05) is 48.5 Å². The van der Waals surface area contributed by atoms with Crippen LogP contribution in [-0.4, -0.2) is 11.1 Å². The molecule has 1 N–H and O–H groups in total. The quantitative estimate of drug-likeness (QED) is 0.506. The van der Waals surface area contributed by atoms with Gasteiger partial charge in [-0.3, -0.25) is 0 Å². The fourth-order valence-electron chi connectivity index (χ4n) is 3.26. The summed E-state index contributed by atoms with van der Waals surface area (Å²) in [6.07, 6.45) is -3.03. The second kappa shape index (κ2) is 8.08. The van der Waals surface area contributed by atoms with Crippen LogP contribution in [0, 0.1) is 11.3 Å². The lowest BCUT2D eigenvalue weighted by Crippen LogP contribution is -2.05. The lowest BCUT2D eigenvalue weighted by molar-refractivity contribution is -0.137. The fraction of sp³-hybridized carbons (Fsp3) is 0.0400. The molecule has 0 fully saturated rings. The molecule has 7 heteroatoms. The van der Waals surface area contributed by atoms with Crippen molar-refractivity contribution < 1.29 is 27.8 Å². The largest absolute Gasteiger partial charge is 0.504 e. The maximum atomic E-state index is 12.8. The number of carbonyl (C=O) groups excluding carboxylic acids is 1. The van der Waals surface area contributed by atoms with Gasteiger partial charge >= 0.3 is 12.1 Å². The molecule has 1 heterocycles. The molecule has 4 rings (SSSR count). The number of nitriles is 1. The Hall–Kier alpha value is -4.31. The van der Waals surface area contributed by atoms with Gasteiger partial charge in [-0.15, -0.1) is 0 Å². The van der Waals surface area contributed by atoms with E-state index in [2.05, 4.69) is 6.07 Å². The predicted molar refractivity (Wildman–Crippen MR) is 112 cm³/mol. The number of hydrogen-bond acceptors (Lipinski definition) is 4. The monoisotopic (exact) mass is 433 g/mol. The van der Waals surface area contributed by atoms with Crippen molar-refractivity contribution in [2.24, 2.45) is 0 Å². The van der Waals surface area contributed by atoms with E-state index >= 15 is 0 Å². The SMILES string of the molecule is N#Cc1ccc(-c2ccc(/C=C3\OC(=O)C(c4ccc(C(F)(F)F)cc4)=C3O)cc2)cc1. The van der Waals surface area contributed by atoms with E-state index in [-0.39, 0.29) is 16.9 Å². The minimum absolute atomic E-state index is 0.0870. The number of rotatable bonds is 3. The molecule has 4 nitrogen and oxygen atoms in total. The number of cyclic esters (lactones) is 1. The van der Waals surface area contributed by atoms with Gasteiger partial charge in [0.2, 0.25) is 0 Å². The Bertz CT molecular complexity index is 1280. The molecule has 0 amide bonds. The Morgan fingerprint density at radius 2 is 1.38 bits per heavy atom. The van der Waals surface area contributed by atoms with Crippen LogP contribution >= 0.6 is 0 Å². The number of alkyl halides is 3. The zero-order valence-electron chi connectivity index (χ0n) is 16.4. The van der Waals surface area contributed by atoms with Crippen molar-refractivity contribution in [3.63, 3.8) is 0 Å². The molecule has 0 radical (unpaired) electrons. The molecule has 0 unspecified atom stereocenters. The molecule has 1 aliphatic heterocycles. The first-order valence-corrected chi connectivity index (χ1v) is 9.42. The van der Waals surface area contributed by atoms with Crippen LogP contribution in [0.25, 0.3) is 22.8 Å². The molecular formula is C25H14F3NO3. The molecule has 3 aromatic rings. The summed E-state index contributed by atoms with van der Waals surface area (Å²) in [6.45, 7) is 0. The van der Waals surface area contributed by atoms with Gasteiger partial charge in [0, 0.05) is 0 Å². The van der Waals surface area contributed by atoms with Gasteiger partial charge in [-0.2, -0.15) is 18.4 Å². The van der Waals surface area contributed by atoms with E-state index in [1.807, 2.05) is 24.3 Å². The molecule has 0 bridgehead atoms. The maximum absolute atomic E-state index is 12.8. The second-order valence-electron chi connectivity index (χ2n) is 7.01. The summed E-state index contributed by atoms with van der Waals surface area (Å²) < 4.78 is 43.4. The second-order valence-corrected chi connectivity index (χ2v) is 7.01. The zero-order chi connectivity index (χ0) is 22.9. The van der Waals surface area contributed by atoms with Crippen LogP contribution in [0.3, 0.4) is 0 Å². The van der Waals surface area contributed by atoms with Crippen molar-refractivity contribution >= 4 is 17.6 Å². The van der Waals surface area contributed by atoms with Gasteiger partial charge < -0.3 is 9.84 Å². The summed E-state index contributed by atoms with van der Waals surface area (Å²) in [5.41, 5.74) is 2.10. The van der Waals surface area contributed by atoms with Gasteiger partial charge in [0.05, 0.1) is 17.2 Å². The number of nitrogens with zero attached hydrogens (tertiary/aromatic N) is 1. The van der Waals surface area contributed by atoms with E-state index in [4.69, 9.17) is 10.00 Å². The summed E-state index contributed by atoms with van der Waals surface area (Å²) in [7, 11) is 0. The number of ether oxygens (including phenoxy) is 1. The van der Waals surface area contributed by atoms with Crippen LogP contribution in [0.15, 0.2) is 84.3 Å². The summed E-state index contributed by atoms with van der Waals surface area (Å²) in [5.74, 6) is -1.37. The third-order valence-electron chi connectivity index (χ3n) is 4.93. The number of carbonyl (C=O) groups is 1. The van der Waals surface area contributed by atoms with E-state index in [1.54, 1.807) is 24.3 Å². The molecule has 0 saturated carbocycles. The molecular weight excluding hydrogens is 419 g/mol. The highest BCUT2D eigenvalue weighted by Crippen LogP contribution is 2.35. The number of benzene rings is 3. The first-order chi connectivity index (χ1) is 15.3. The van der Waals surface area contributed by atoms with E-state index in [9.17, 15) is 23.1 Å². The highest BCUT2D eigenvalue weighted by atomic mass is 19.4. The summed E-state index contributed by atoms with van der Waals surface area (Å²) in [5, 5.41) is 19.3. The van der Waals surface area contributed by atoms with Crippen LogP contribution in [0.2, 0.25) is 0 Å². The van der Waals surface area contributed by atoms with Crippen molar-refractivity contribution in [1.29, 1.82) is 5.26 Å². The van der Waals surface area contributed by atoms with Gasteiger partial charge in [0.1, 0.15) is 5.57 Å².